The van der Waals surface area contributed by atoms with E-state index in [1.54, 1.807) is 16.8 Å². The summed E-state index contributed by atoms with van der Waals surface area (Å²) in [6, 6.07) is 7.59. The van der Waals surface area contributed by atoms with Gasteiger partial charge in [0.15, 0.2) is 0 Å². The summed E-state index contributed by atoms with van der Waals surface area (Å²) >= 11 is 0. The van der Waals surface area contributed by atoms with Crippen molar-refractivity contribution >= 4 is 17.8 Å². The van der Waals surface area contributed by atoms with Crippen LogP contribution in [0.15, 0.2) is 24.3 Å². The van der Waals surface area contributed by atoms with Gasteiger partial charge < -0.3 is 16.0 Å². The number of nitrogens with one attached hydrogen (secondary N) is 3. The van der Waals surface area contributed by atoms with Gasteiger partial charge in [-0.1, -0.05) is 12.1 Å². The van der Waals surface area contributed by atoms with Crippen LogP contribution in [0.25, 0.3) is 0 Å². The number of fused-ring (bicyclic) bond motifs is 1. The minimum absolute atomic E-state index is 0.0646. The van der Waals surface area contributed by atoms with Gasteiger partial charge in [0, 0.05) is 31.2 Å². The summed E-state index contributed by atoms with van der Waals surface area (Å²) in [6.45, 7) is 1.93. The molecule has 2 aromatic rings. The molecule has 0 bridgehead atoms. The summed E-state index contributed by atoms with van der Waals surface area (Å²) in [5.41, 5.74) is 1.47. The van der Waals surface area contributed by atoms with E-state index in [1.165, 1.54) is 0 Å². The molecule has 2 aliphatic rings. The molecule has 1 aliphatic carbocycles. The largest absolute Gasteiger partial charge is 0.354 e. The lowest BCUT2D eigenvalue weighted by Crippen LogP contribution is -2.26. The van der Waals surface area contributed by atoms with Crippen LogP contribution >= 0.6 is 0 Å². The van der Waals surface area contributed by atoms with Crippen LogP contribution in [0.4, 0.5) is 5.95 Å². The van der Waals surface area contributed by atoms with E-state index in [0.717, 1.165) is 37.9 Å². The molecule has 2 heterocycles. The Morgan fingerprint density at radius 3 is 2.96 bits per heavy atom. The van der Waals surface area contributed by atoms with Crippen molar-refractivity contribution in [2.75, 3.05) is 11.9 Å². The molecule has 1 fully saturated rings. The Bertz CT molecular complexity index is 788. The zero-order chi connectivity index (χ0) is 17.2. The van der Waals surface area contributed by atoms with Crippen LogP contribution in [-0.4, -0.2) is 39.2 Å². The molecule has 1 aromatic carbocycles. The first-order valence-corrected chi connectivity index (χ1v) is 8.56. The maximum Gasteiger partial charge on any atom is 0.291 e. The number of hydrogen-bond acceptors (Lipinski definition) is 5. The molecule has 1 aliphatic heterocycles. The number of anilines is 1. The van der Waals surface area contributed by atoms with Crippen LogP contribution in [0, 0.1) is 0 Å². The highest BCUT2D eigenvalue weighted by Crippen LogP contribution is 2.19. The molecule has 25 heavy (non-hydrogen) atoms. The number of carbonyl (C=O) groups is 2. The molecule has 8 nitrogen and oxygen atoms in total. The van der Waals surface area contributed by atoms with Gasteiger partial charge in [-0.3, -0.25) is 9.59 Å². The first kappa shape index (κ1) is 15.6. The Morgan fingerprint density at radius 2 is 2.16 bits per heavy atom. The predicted molar refractivity (Wildman–Crippen MR) is 91.2 cm³/mol. The molecule has 2 amide bonds. The first-order valence-electron chi connectivity index (χ1n) is 8.56. The predicted octanol–water partition coefficient (Wildman–Crippen LogP) is 0.916. The number of benzene rings is 1. The van der Waals surface area contributed by atoms with E-state index in [1.807, 2.05) is 12.1 Å². The fraction of sp³-hybridized carbons (Fsp3) is 0.412. The quantitative estimate of drug-likeness (QED) is 0.751. The molecular formula is C17H20N6O2. The average molecular weight is 340 g/mol. The van der Waals surface area contributed by atoms with Crippen molar-refractivity contribution in [3.63, 3.8) is 0 Å². The Hall–Kier alpha value is -2.90. The maximum absolute atomic E-state index is 12.3. The van der Waals surface area contributed by atoms with Crippen molar-refractivity contribution in [3.05, 3.63) is 41.2 Å². The molecule has 4 rings (SSSR count). The Kier molecular flexibility index (Phi) is 4.09. The van der Waals surface area contributed by atoms with E-state index in [0.29, 0.717) is 24.1 Å². The number of aromatic nitrogens is 3. The van der Waals surface area contributed by atoms with Crippen molar-refractivity contribution in [2.45, 2.75) is 38.4 Å². The number of aryl methyl sites for hydroxylation is 1. The number of carbonyl (C=O) groups excluding carboxylic acids is 2. The normalized spacial score (nSPS) is 15.8. The fourth-order valence-corrected chi connectivity index (χ4v) is 2.73. The lowest BCUT2D eigenvalue weighted by atomic mass is 10.1. The van der Waals surface area contributed by atoms with Crippen molar-refractivity contribution in [3.8, 4) is 0 Å². The number of amides is 2. The Labute approximate surface area is 145 Å². The molecule has 0 radical (unpaired) electrons. The summed E-state index contributed by atoms with van der Waals surface area (Å²) in [5.74, 6) is 0.406. The number of nitrogens with zero attached hydrogens (tertiary/aromatic N) is 3. The zero-order valence-electron chi connectivity index (χ0n) is 13.8. The average Bonchev–Trinajstić information content (AvgIpc) is 3.34. The molecule has 3 N–H and O–H groups in total. The van der Waals surface area contributed by atoms with Gasteiger partial charge in [0.25, 0.3) is 11.8 Å². The minimum atomic E-state index is -0.323. The molecule has 0 spiro atoms. The number of hydrogen-bond donors (Lipinski definition) is 3. The molecule has 130 valence electrons. The molecule has 0 saturated heterocycles. The van der Waals surface area contributed by atoms with E-state index >= 15 is 0 Å². The van der Waals surface area contributed by atoms with Crippen LogP contribution in [0.5, 0.6) is 0 Å². The topological polar surface area (TPSA) is 101 Å². The lowest BCUT2D eigenvalue weighted by molar-refractivity contribution is 0.0937. The van der Waals surface area contributed by atoms with Gasteiger partial charge in [-0.25, -0.2) is 4.68 Å². The molecule has 0 atom stereocenters. The lowest BCUT2D eigenvalue weighted by Gasteiger charge is -2.12. The van der Waals surface area contributed by atoms with Gasteiger partial charge >= 0.3 is 0 Å². The fourth-order valence-electron chi connectivity index (χ4n) is 2.73. The second kappa shape index (κ2) is 6.54. The molecular weight excluding hydrogens is 320 g/mol. The van der Waals surface area contributed by atoms with Crippen LogP contribution < -0.4 is 16.0 Å². The highest BCUT2D eigenvalue weighted by atomic mass is 16.2. The summed E-state index contributed by atoms with van der Waals surface area (Å²) in [5, 5.41) is 13.1. The van der Waals surface area contributed by atoms with Crippen LogP contribution in [0.2, 0.25) is 0 Å². The maximum atomic E-state index is 12.3. The molecule has 0 unspecified atom stereocenters. The Morgan fingerprint density at radius 1 is 1.28 bits per heavy atom. The van der Waals surface area contributed by atoms with E-state index in [9.17, 15) is 9.59 Å². The number of rotatable bonds is 5. The van der Waals surface area contributed by atoms with Crippen LogP contribution in [0.3, 0.4) is 0 Å². The minimum Gasteiger partial charge on any atom is -0.354 e. The van der Waals surface area contributed by atoms with E-state index in [4.69, 9.17) is 0 Å². The first-order chi connectivity index (χ1) is 12.2. The molecule has 1 saturated carbocycles. The van der Waals surface area contributed by atoms with Crippen LogP contribution in [-0.2, 0) is 13.1 Å². The summed E-state index contributed by atoms with van der Waals surface area (Å²) in [7, 11) is 0. The second-order valence-electron chi connectivity index (χ2n) is 6.39. The van der Waals surface area contributed by atoms with E-state index in [2.05, 4.69) is 26.0 Å². The smallest absolute Gasteiger partial charge is 0.291 e. The van der Waals surface area contributed by atoms with Crippen molar-refractivity contribution < 1.29 is 9.59 Å². The van der Waals surface area contributed by atoms with Crippen molar-refractivity contribution in [1.29, 1.82) is 0 Å². The van der Waals surface area contributed by atoms with Crippen LogP contribution in [0.1, 0.15) is 45.8 Å². The third-order valence-electron chi connectivity index (χ3n) is 4.26. The van der Waals surface area contributed by atoms with Gasteiger partial charge in [0.2, 0.25) is 11.8 Å². The van der Waals surface area contributed by atoms with E-state index in [-0.39, 0.29) is 17.6 Å². The van der Waals surface area contributed by atoms with E-state index < -0.39 is 0 Å². The monoisotopic (exact) mass is 340 g/mol. The summed E-state index contributed by atoms with van der Waals surface area (Å²) in [4.78, 5) is 28.6. The van der Waals surface area contributed by atoms with Gasteiger partial charge in [0.05, 0.1) is 0 Å². The molecule has 1 aromatic heterocycles. The Balaban J connectivity index is 1.38. The summed E-state index contributed by atoms with van der Waals surface area (Å²) < 4.78 is 1.71. The zero-order valence-corrected chi connectivity index (χ0v) is 13.8. The van der Waals surface area contributed by atoms with Crippen molar-refractivity contribution in [2.24, 2.45) is 0 Å². The standard InChI is InChI=1S/C17H20N6O2/c24-15(20-13-5-6-13)12-4-1-3-11(9-12)10-19-16(25)14-21-17-18-7-2-8-23(17)22-14/h1,3-4,9,13H,2,5-8,10H2,(H,19,25)(H,20,24)(H,18,21,22). The van der Waals surface area contributed by atoms with Gasteiger partial charge in [0.1, 0.15) is 0 Å². The second-order valence-corrected chi connectivity index (χ2v) is 6.39. The van der Waals surface area contributed by atoms with Crippen molar-refractivity contribution in [1.82, 2.24) is 25.4 Å². The molecule has 8 heteroatoms. The summed E-state index contributed by atoms with van der Waals surface area (Å²) in [6.07, 6.45) is 3.07. The highest BCUT2D eigenvalue weighted by molar-refractivity contribution is 5.94. The third-order valence-corrected chi connectivity index (χ3v) is 4.26. The SMILES string of the molecule is O=C(NC1CC1)c1cccc(CNC(=O)c2nc3n(n2)CCCN3)c1. The van der Waals surface area contributed by atoms with Gasteiger partial charge in [-0.15, -0.1) is 5.10 Å². The highest BCUT2D eigenvalue weighted by Gasteiger charge is 2.24. The third kappa shape index (κ3) is 3.62. The van der Waals surface area contributed by atoms with Gasteiger partial charge in [-0.05, 0) is 37.0 Å². The van der Waals surface area contributed by atoms with Gasteiger partial charge in [-0.2, -0.15) is 4.98 Å².